The zero-order valence-electron chi connectivity index (χ0n) is 13.2. The zero-order chi connectivity index (χ0) is 17.0. The summed E-state index contributed by atoms with van der Waals surface area (Å²) in [6.45, 7) is 4.81. The van der Waals surface area contributed by atoms with Crippen molar-refractivity contribution in [3.8, 4) is 11.4 Å². The number of amides is 1. The molecule has 7 nitrogen and oxygen atoms in total. The van der Waals surface area contributed by atoms with Crippen molar-refractivity contribution in [2.45, 2.75) is 32.4 Å². The van der Waals surface area contributed by atoms with E-state index in [4.69, 9.17) is 4.52 Å². The van der Waals surface area contributed by atoms with E-state index in [1.165, 1.54) is 6.92 Å². The van der Waals surface area contributed by atoms with E-state index in [0.29, 0.717) is 29.4 Å². The average Bonchev–Trinajstić information content (AvgIpc) is 2.93. The minimum atomic E-state index is -3.46. The SMILES string of the molecule is CCCS(=O)(=O)[C@H](C)C(=O)Nc1ccccc1-c1noc(C)n1. The molecule has 2 aromatic rings. The van der Waals surface area contributed by atoms with Gasteiger partial charge in [0.1, 0.15) is 5.25 Å². The van der Waals surface area contributed by atoms with E-state index in [-0.39, 0.29) is 5.75 Å². The van der Waals surface area contributed by atoms with Crippen LogP contribution >= 0.6 is 0 Å². The molecule has 0 unspecified atom stereocenters. The lowest BCUT2D eigenvalue weighted by atomic mass is 10.1. The number of sulfone groups is 1. The van der Waals surface area contributed by atoms with Crippen molar-refractivity contribution in [3.05, 3.63) is 30.2 Å². The summed E-state index contributed by atoms with van der Waals surface area (Å²) in [4.78, 5) is 16.4. The molecule has 2 rings (SSSR count). The minimum Gasteiger partial charge on any atom is -0.339 e. The molecule has 1 atom stereocenters. The fraction of sp³-hybridized carbons (Fsp3) is 0.400. The summed E-state index contributed by atoms with van der Waals surface area (Å²) in [6.07, 6.45) is 0.471. The summed E-state index contributed by atoms with van der Waals surface area (Å²) in [7, 11) is -3.46. The van der Waals surface area contributed by atoms with Crippen LogP contribution in [0.2, 0.25) is 0 Å². The lowest BCUT2D eigenvalue weighted by molar-refractivity contribution is -0.115. The van der Waals surface area contributed by atoms with E-state index in [1.807, 2.05) is 0 Å². The number of anilines is 1. The fourth-order valence-electron chi connectivity index (χ4n) is 2.05. The molecule has 0 aliphatic carbocycles. The molecule has 0 aliphatic rings. The van der Waals surface area contributed by atoms with E-state index >= 15 is 0 Å². The molecule has 0 saturated carbocycles. The summed E-state index contributed by atoms with van der Waals surface area (Å²) >= 11 is 0. The third-order valence-corrected chi connectivity index (χ3v) is 5.62. The first-order valence-electron chi connectivity index (χ1n) is 7.27. The van der Waals surface area contributed by atoms with Crippen molar-refractivity contribution in [2.24, 2.45) is 0 Å². The van der Waals surface area contributed by atoms with Gasteiger partial charge in [-0.3, -0.25) is 4.79 Å². The number of hydrogen-bond acceptors (Lipinski definition) is 6. The number of aromatic nitrogens is 2. The fourth-order valence-corrected chi connectivity index (χ4v) is 3.36. The molecule has 0 aliphatic heterocycles. The van der Waals surface area contributed by atoms with Gasteiger partial charge in [0, 0.05) is 12.5 Å². The predicted octanol–water partition coefficient (Wildman–Crippen LogP) is 2.20. The normalized spacial score (nSPS) is 12.8. The summed E-state index contributed by atoms with van der Waals surface area (Å²) < 4.78 is 29.0. The number of nitrogens with one attached hydrogen (secondary N) is 1. The standard InChI is InChI=1S/C15H19N3O4S/c1-4-9-23(20,21)10(2)15(19)17-13-8-6-5-7-12(13)14-16-11(3)22-18-14/h5-8,10H,4,9H2,1-3H3,(H,17,19)/t10-/m1/s1. The van der Waals surface area contributed by atoms with Gasteiger partial charge in [-0.05, 0) is 25.5 Å². The van der Waals surface area contributed by atoms with Gasteiger partial charge in [0.25, 0.3) is 0 Å². The van der Waals surface area contributed by atoms with Gasteiger partial charge >= 0.3 is 0 Å². The van der Waals surface area contributed by atoms with Crippen LogP contribution in [0.4, 0.5) is 5.69 Å². The number of aryl methyl sites for hydroxylation is 1. The Labute approximate surface area is 135 Å². The van der Waals surface area contributed by atoms with Gasteiger partial charge in [-0.15, -0.1) is 0 Å². The maximum Gasteiger partial charge on any atom is 0.242 e. The van der Waals surface area contributed by atoms with Gasteiger partial charge < -0.3 is 9.84 Å². The highest BCUT2D eigenvalue weighted by atomic mass is 32.2. The Kier molecular flexibility index (Phi) is 5.15. The van der Waals surface area contributed by atoms with Crippen LogP contribution in [0.5, 0.6) is 0 Å². The predicted molar refractivity (Wildman–Crippen MR) is 86.6 cm³/mol. The van der Waals surface area contributed by atoms with E-state index < -0.39 is 21.0 Å². The minimum absolute atomic E-state index is 0.0206. The maximum atomic E-state index is 12.3. The topological polar surface area (TPSA) is 102 Å². The van der Waals surface area contributed by atoms with Crippen LogP contribution in [-0.4, -0.2) is 35.5 Å². The summed E-state index contributed by atoms with van der Waals surface area (Å²) in [5.41, 5.74) is 1.01. The van der Waals surface area contributed by atoms with Gasteiger partial charge in [0.15, 0.2) is 9.84 Å². The third kappa shape index (κ3) is 3.95. The largest absolute Gasteiger partial charge is 0.339 e. The Balaban J connectivity index is 2.26. The zero-order valence-corrected chi connectivity index (χ0v) is 14.1. The Hall–Kier alpha value is -2.22. The van der Waals surface area contributed by atoms with Crippen molar-refractivity contribution >= 4 is 21.4 Å². The molecule has 1 N–H and O–H groups in total. The highest BCUT2D eigenvalue weighted by Crippen LogP contribution is 2.25. The summed E-state index contributed by atoms with van der Waals surface area (Å²) in [6, 6.07) is 6.90. The molecule has 8 heteroatoms. The molecule has 1 aromatic heterocycles. The summed E-state index contributed by atoms with van der Waals surface area (Å²) in [5, 5.41) is 5.34. The highest BCUT2D eigenvalue weighted by molar-refractivity contribution is 7.92. The number of hydrogen-bond donors (Lipinski definition) is 1. The van der Waals surface area contributed by atoms with Gasteiger partial charge in [-0.1, -0.05) is 24.2 Å². The van der Waals surface area contributed by atoms with Crippen molar-refractivity contribution in [1.29, 1.82) is 0 Å². The Bertz CT molecular complexity index is 799. The van der Waals surface area contributed by atoms with Crippen LogP contribution in [-0.2, 0) is 14.6 Å². The highest BCUT2D eigenvalue weighted by Gasteiger charge is 2.27. The molecular formula is C15H19N3O4S. The van der Waals surface area contributed by atoms with Gasteiger partial charge in [0.2, 0.25) is 17.6 Å². The molecule has 1 aromatic carbocycles. The first-order chi connectivity index (χ1) is 10.8. The van der Waals surface area contributed by atoms with Gasteiger partial charge in [-0.25, -0.2) is 8.42 Å². The number of nitrogens with zero attached hydrogens (tertiary/aromatic N) is 2. The number of para-hydroxylation sites is 1. The molecule has 0 bridgehead atoms. The van der Waals surface area contributed by atoms with Crippen LogP contribution in [0.3, 0.4) is 0 Å². The first-order valence-corrected chi connectivity index (χ1v) is 8.99. The molecule has 0 fully saturated rings. The average molecular weight is 337 g/mol. The van der Waals surface area contributed by atoms with Crippen molar-refractivity contribution in [3.63, 3.8) is 0 Å². The Morgan fingerprint density at radius 1 is 1.35 bits per heavy atom. The molecule has 1 amide bonds. The molecule has 23 heavy (non-hydrogen) atoms. The number of benzene rings is 1. The van der Waals surface area contributed by atoms with E-state index in [2.05, 4.69) is 15.5 Å². The van der Waals surface area contributed by atoms with Crippen molar-refractivity contribution < 1.29 is 17.7 Å². The lowest BCUT2D eigenvalue weighted by Gasteiger charge is -2.14. The number of carbonyl (C=O) groups is 1. The van der Waals surface area contributed by atoms with Crippen LogP contribution in [0.1, 0.15) is 26.2 Å². The second-order valence-corrected chi connectivity index (χ2v) is 7.62. The second-order valence-electron chi connectivity index (χ2n) is 5.18. The first kappa shape index (κ1) is 17.1. The number of carbonyl (C=O) groups excluding carboxylic acids is 1. The molecular weight excluding hydrogens is 318 g/mol. The molecule has 124 valence electrons. The van der Waals surface area contributed by atoms with E-state index in [0.717, 1.165) is 0 Å². The van der Waals surface area contributed by atoms with Gasteiger partial charge in [-0.2, -0.15) is 4.98 Å². The van der Waals surface area contributed by atoms with Crippen molar-refractivity contribution in [1.82, 2.24) is 10.1 Å². The molecule has 1 heterocycles. The van der Waals surface area contributed by atoms with Crippen LogP contribution in [0.25, 0.3) is 11.4 Å². The van der Waals surface area contributed by atoms with Crippen LogP contribution in [0, 0.1) is 6.92 Å². The molecule has 0 radical (unpaired) electrons. The summed E-state index contributed by atoms with van der Waals surface area (Å²) in [5.74, 6) is 0.140. The second kappa shape index (κ2) is 6.91. The van der Waals surface area contributed by atoms with Crippen LogP contribution in [0.15, 0.2) is 28.8 Å². The molecule has 0 saturated heterocycles. The number of rotatable bonds is 6. The lowest BCUT2D eigenvalue weighted by Crippen LogP contribution is -2.34. The van der Waals surface area contributed by atoms with Gasteiger partial charge in [0.05, 0.1) is 11.4 Å². The Morgan fingerprint density at radius 2 is 2.04 bits per heavy atom. The third-order valence-electron chi connectivity index (χ3n) is 3.35. The Morgan fingerprint density at radius 3 is 2.65 bits per heavy atom. The van der Waals surface area contributed by atoms with Crippen molar-refractivity contribution in [2.75, 3.05) is 11.1 Å². The molecule has 0 spiro atoms. The van der Waals surface area contributed by atoms with E-state index in [1.54, 1.807) is 38.1 Å². The smallest absolute Gasteiger partial charge is 0.242 e. The van der Waals surface area contributed by atoms with E-state index in [9.17, 15) is 13.2 Å². The maximum absolute atomic E-state index is 12.3. The van der Waals surface area contributed by atoms with Crippen LogP contribution < -0.4 is 5.32 Å². The monoisotopic (exact) mass is 337 g/mol. The quantitative estimate of drug-likeness (QED) is 0.867.